The van der Waals surface area contributed by atoms with E-state index in [1.54, 1.807) is 4.90 Å². The molecule has 1 fully saturated rings. The lowest BCUT2D eigenvalue weighted by Gasteiger charge is -2.35. The number of hydrogen-bond acceptors (Lipinski definition) is 4. The standard InChI is InChI=1S/C13H25N3O5S/c1-22(20,21)15-9-7-11-5-2-3-10-16(11)13(19)14-8-4-6-12(17)18/h11,15H,2-10H2,1H3,(H,14,19)(H,17,18). The fourth-order valence-electron chi connectivity index (χ4n) is 2.52. The fraction of sp³-hybridized carbons (Fsp3) is 0.846. The third-order valence-electron chi connectivity index (χ3n) is 3.57. The second kappa shape index (κ2) is 8.94. The van der Waals surface area contributed by atoms with E-state index in [0.29, 0.717) is 32.5 Å². The van der Waals surface area contributed by atoms with Crippen LogP contribution in [0.25, 0.3) is 0 Å². The molecule has 8 nitrogen and oxygen atoms in total. The first-order valence-corrected chi connectivity index (χ1v) is 9.39. The van der Waals surface area contributed by atoms with E-state index in [2.05, 4.69) is 10.0 Å². The molecule has 0 aromatic heterocycles. The van der Waals surface area contributed by atoms with Crippen molar-refractivity contribution in [2.24, 2.45) is 0 Å². The van der Waals surface area contributed by atoms with Gasteiger partial charge in [0.05, 0.1) is 6.26 Å². The largest absolute Gasteiger partial charge is 0.481 e. The third kappa shape index (κ3) is 7.60. The van der Waals surface area contributed by atoms with Crippen LogP contribution in [0.4, 0.5) is 4.79 Å². The smallest absolute Gasteiger partial charge is 0.317 e. The van der Waals surface area contributed by atoms with Crippen molar-refractivity contribution in [1.82, 2.24) is 14.9 Å². The van der Waals surface area contributed by atoms with Crippen molar-refractivity contribution in [2.45, 2.75) is 44.6 Å². The Morgan fingerprint density at radius 3 is 2.64 bits per heavy atom. The van der Waals surface area contributed by atoms with E-state index in [0.717, 1.165) is 25.5 Å². The molecule has 0 saturated carbocycles. The summed E-state index contributed by atoms with van der Waals surface area (Å²) in [5.74, 6) is -0.878. The van der Waals surface area contributed by atoms with Crippen LogP contribution in [0.1, 0.15) is 38.5 Å². The molecule has 1 aliphatic rings. The van der Waals surface area contributed by atoms with Crippen molar-refractivity contribution in [3.05, 3.63) is 0 Å². The van der Waals surface area contributed by atoms with Crippen LogP contribution < -0.4 is 10.0 Å². The van der Waals surface area contributed by atoms with Crippen molar-refractivity contribution in [3.8, 4) is 0 Å². The number of urea groups is 1. The number of rotatable bonds is 8. The number of carbonyl (C=O) groups is 2. The summed E-state index contributed by atoms with van der Waals surface area (Å²) < 4.78 is 24.6. The number of piperidine rings is 1. The zero-order valence-corrected chi connectivity index (χ0v) is 13.7. The molecule has 9 heteroatoms. The van der Waals surface area contributed by atoms with Gasteiger partial charge in [-0.1, -0.05) is 0 Å². The van der Waals surface area contributed by atoms with Crippen molar-refractivity contribution in [2.75, 3.05) is 25.9 Å². The molecule has 1 aliphatic heterocycles. The maximum Gasteiger partial charge on any atom is 0.317 e. The predicted molar refractivity (Wildman–Crippen MR) is 82.1 cm³/mol. The van der Waals surface area contributed by atoms with Crippen LogP contribution in [0.2, 0.25) is 0 Å². The number of hydrogen-bond donors (Lipinski definition) is 3. The van der Waals surface area contributed by atoms with E-state index in [1.165, 1.54) is 0 Å². The third-order valence-corrected chi connectivity index (χ3v) is 4.30. The van der Waals surface area contributed by atoms with Gasteiger partial charge >= 0.3 is 12.0 Å². The molecule has 128 valence electrons. The molecule has 0 spiro atoms. The van der Waals surface area contributed by atoms with E-state index in [9.17, 15) is 18.0 Å². The summed E-state index contributed by atoms with van der Waals surface area (Å²) >= 11 is 0. The van der Waals surface area contributed by atoms with Crippen molar-refractivity contribution < 1.29 is 23.1 Å². The summed E-state index contributed by atoms with van der Waals surface area (Å²) in [6, 6.07) is -0.183. The fourth-order valence-corrected chi connectivity index (χ4v) is 3.00. The molecule has 1 rings (SSSR count). The van der Waals surface area contributed by atoms with Gasteiger partial charge in [0, 0.05) is 32.1 Å². The first-order chi connectivity index (χ1) is 10.3. The summed E-state index contributed by atoms with van der Waals surface area (Å²) in [5.41, 5.74) is 0. The Hall–Kier alpha value is -1.35. The Kier molecular flexibility index (Phi) is 7.60. The molecule has 0 aromatic rings. The highest BCUT2D eigenvalue weighted by molar-refractivity contribution is 7.88. The number of sulfonamides is 1. The molecule has 1 heterocycles. The number of carbonyl (C=O) groups excluding carboxylic acids is 1. The summed E-state index contributed by atoms with van der Waals surface area (Å²) in [5, 5.41) is 11.3. The van der Waals surface area contributed by atoms with Gasteiger partial charge in [0.2, 0.25) is 10.0 Å². The summed E-state index contributed by atoms with van der Waals surface area (Å²) in [6.07, 6.45) is 4.92. The van der Waals surface area contributed by atoms with Gasteiger partial charge in [-0.3, -0.25) is 4.79 Å². The molecule has 0 bridgehead atoms. The van der Waals surface area contributed by atoms with Crippen molar-refractivity contribution >= 4 is 22.0 Å². The molecular formula is C13H25N3O5S. The Labute approximate surface area is 131 Å². The maximum atomic E-state index is 12.1. The maximum absolute atomic E-state index is 12.1. The molecule has 22 heavy (non-hydrogen) atoms. The second-order valence-electron chi connectivity index (χ2n) is 5.53. The van der Waals surface area contributed by atoms with E-state index in [4.69, 9.17) is 5.11 Å². The van der Waals surface area contributed by atoms with E-state index < -0.39 is 16.0 Å². The summed E-state index contributed by atoms with van der Waals surface area (Å²) in [7, 11) is -3.21. The molecule has 1 saturated heterocycles. The Bertz CT molecular complexity index is 480. The zero-order valence-electron chi connectivity index (χ0n) is 12.9. The first-order valence-electron chi connectivity index (χ1n) is 7.50. The molecule has 1 atom stereocenters. The minimum Gasteiger partial charge on any atom is -0.481 e. The van der Waals surface area contributed by atoms with Gasteiger partial charge in [-0.25, -0.2) is 17.9 Å². The molecular weight excluding hydrogens is 310 g/mol. The lowest BCUT2D eigenvalue weighted by molar-refractivity contribution is -0.137. The van der Waals surface area contributed by atoms with Gasteiger partial charge in [-0.15, -0.1) is 0 Å². The molecule has 3 N–H and O–H groups in total. The zero-order chi connectivity index (χ0) is 16.6. The topological polar surface area (TPSA) is 116 Å². The minimum atomic E-state index is -3.21. The van der Waals surface area contributed by atoms with E-state index in [1.807, 2.05) is 0 Å². The lowest BCUT2D eigenvalue weighted by Crippen LogP contribution is -2.49. The Morgan fingerprint density at radius 2 is 2.00 bits per heavy atom. The average molecular weight is 335 g/mol. The lowest BCUT2D eigenvalue weighted by atomic mass is 10.00. The first kappa shape index (κ1) is 18.7. The number of nitrogens with zero attached hydrogens (tertiary/aromatic N) is 1. The molecule has 0 radical (unpaired) electrons. The SMILES string of the molecule is CS(=O)(=O)NCCC1CCCCN1C(=O)NCCCC(=O)O. The normalized spacial score (nSPS) is 19.0. The quantitative estimate of drug-likeness (QED) is 0.554. The van der Waals surface area contributed by atoms with Gasteiger partial charge in [-0.05, 0) is 32.1 Å². The Morgan fingerprint density at radius 1 is 1.27 bits per heavy atom. The minimum absolute atomic E-state index is 0.0162. The number of carboxylic acid groups (broad SMARTS) is 1. The van der Waals surface area contributed by atoms with Crippen molar-refractivity contribution in [3.63, 3.8) is 0 Å². The predicted octanol–water partition coefficient (Wildman–Crippen LogP) is 0.355. The highest BCUT2D eigenvalue weighted by Crippen LogP contribution is 2.19. The highest BCUT2D eigenvalue weighted by atomic mass is 32.2. The van der Waals surface area contributed by atoms with Crippen LogP contribution in [0.5, 0.6) is 0 Å². The summed E-state index contributed by atoms with van der Waals surface area (Å²) in [6.45, 7) is 1.29. The highest BCUT2D eigenvalue weighted by Gasteiger charge is 2.26. The van der Waals surface area contributed by atoms with Gasteiger partial charge < -0.3 is 15.3 Å². The van der Waals surface area contributed by atoms with Gasteiger partial charge in [0.25, 0.3) is 0 Å². The number of nitrogens with one attached hydrogen (secondary N) is 2. The summed E-state index contributed by atoms with van der Waals surface area (Å²) in [4.78, 5) is 24.3. The van der Waals surface area contributed by atoms with Crippen LogP contribution in [-0.4, -0.2) is 62.4 Å². The van der Waals surface area contributed by atoms with Crippen LogP contribution in [0.3, 0.4) is 0 Å². The molecule has 0 aliphatic carbocycles. The van der Waals surface area contributed by atoms with Crippen LogP contribution >= 0.6 is 0 Å². The molecule has 2 amide bonds. The average Bonchev–Trinajstić information content (AvgIpc) is 2.42. The Balaban J connectivity index is 2.39. The number of amides is 2. The molecule has 1 unspecified atom stereocenters. The second-order valence-corrected chi connectivity index (χ2v) is 7.36. The number of carboxylic acids is 1. The van der Waals surface area contributed by atoms with Crippen LogP contribution in [0.15, 0.2) is 0 Å². The van der Waals surface area contributed by atoms with Gasteiger partial charge in [0.15, 0.2) is 0 Å². The van der Waals surface area contributed by atoms with Crippen molar-refractivity contribution in [1.29, 1.82) is 0 Å². The van der Waals surface area contributed by atoms with E-state index >= 15 is 0 Å². The van der Waals surface area contributed by atoms with Crippen LogP contribution in [0, 0.1) is 0 Å². The monoisotopic (exact) mass is 335 g/mol. The van der Waals surface area contributed by atoms with E-state index in [-0.39, 0.29) is 18.5 Å². The number of aliphatic carboxylic acids is 1. The number of likely N-dealkylation sites (tertiary alicyclic amines) is 1. The van der Waals surface area contributed by atoms with Gasteiger partial charge in [0.1, 0.15) is 0 Å². The van der Waals surface area contributed by atoms with Gasteiger partial charge in [-0.2, -0.15) is 0 Å². The van der Waals surface area contributed by atoms with Crippen LogP contribution in [-0.2, 0) is 14.8 Å². The molecule has 0 aromatic carbocycles.